The lowest BCUT2D eigenvalue weighted by Crippen LogP contribution is -2.30. The molecule has 54 valence electrons. The SMILES string of the molecule is CC.CC1=NCN(C)N1. The summed E-state index contributed by atoms with van der Waals surface area (Å²) in [4.78, 5) is 4.05. The lowest BCUT2D eigenvalue weighted by molar-refractivity contribution is 0.331. The fourth-order valence-electron chi connectivity index (χ4n) is 0.559. The van der Waals surface area contributed by atoms with E-state index in [0.717, 1.165) is 12.5 Å². The van der Waals surface area contributed by atoms with Gasteiger partial charge in [-0.05, 0) is 6.92 Å². The number of nitrogens with one attached hydrogen (secondary N) is 1. The van der Waals surface area contributed by atoms with Crippen molar-refractivity contribution in [3.63, 3.8) is 0 Å². The van der Waals surface area contributed by atoms with Crippen LogP contribution in [0.15, 0.2) is 4.99 Å². The Bertz CT molecular complexity index is 98.5. The normalized spacial score (nSPS) is 17.6. The fourth-order valence-corrected chi connectivity index (χ4v) is 0.559. The highest BCUT2D eigenvalue weighted by Crippen LogP contribution is 1.86. The number of aliphatic imine (C=N–C) groups is 1. The third-order valence-electron chi connectivity index (χ3n) is 0.873. The average molecular weight is 129 g/mol. The predicted molar refractivity (Wildman–Crippen MR) is 40.2 cm³/mol. The largest absolute Gasteiger partial charge is 0.306 e. The maximum atomic E-state index is 4.05. The van der Waals surface area contributed by atoms with Crippen LogP contribution < -0.4 is 5.43 Å². The van der Waals surface area contributed by atoms with E-state index >= 15 is 0 Å². The molecule has 0 unspecified atom stereocenters. The number of hydrogen-bond acceptors (Lipinski definition) is 3. The van der Waals surface area contributed by atoms with Crippen LogP contribution in [0, 0.1) is 0 Å². The van der Waals surface area contributed by atoms with Crippen molar-refractivity contribution in [2.75, 3.05) is 13.7 Å². The Kier molecular flexibility index (Phi) is 4.05. The molecule has 9 heavy (non-hydrogen) atoms. The van der Waals surface area contributed by atoms with E-state index in [0.29, 0.717) is 0 Å². The van der Waals surface area contributed by atoms with E-state index in [1.807, 2.05) is 32.8 Å². The predicted octanol–water partition coefficient (Wildman–Crippen LogP) is 0.839. The molecule has 0 fully saturated rings. The van der Waals surface area contributed by atoms with Gasteiger partial charge in [-0.3, -0.25) is 4.99 Å². The molecular formula is C6H15N3. The zero-order valence-corrected chi connectivity index (χ0v) is 6.60. The number of rotatable bonds is 0. The Morgan fingerprint density at radius 3 is 2.22 bits per heavy atom. The van der Waals surface area contributed by atoms with Gasteiger partial charge in [0.1, 0.15) is 12.5 Å². The standard InChI is InChI=1S/C4H9N3.C2H6/c1-4-5-3-7(2)6-4;1-2/h3H2,1-2H3,(H,5,6);1-2H3. The molecule has 1 N–H and O–H groups in total. The van der Waals surface area contributed by atoms with Crippen LogP contribution in [0.5, 0.6) is 0 Å². The minimum absolute atomic E-state index is 0.784. The summed E-state index contributed by atoms with van der Waals surface area (Å²) < 4.78 is 0. The van der Waals surface area contributed by atoms with Crippen LogP contribution in [-0.2, 0) is 0 Å². The van der Waals surface area contributed by atoms with Crippen molar-refractivity contribution < 1.29 is 0 Å². The zero-order valence-electron chi connectivity index (χ0n) is 6.60. The molecular weight excluding hydrogens is 114 g/mol. The van der Waals surface area contributed by atoms with Gasteiger partial charge in [0.25, 0.3) is 0 Å². The lowest BCUT2D eigenvalue weighted by Gasteiger charge is -2.04. The molecule has 0 saturated heterocycles. The smallest absolute Gasteiger partial charge is 0.110 e. The molecule has 0 aromatic carbocycles. The Morgan fingerprint density at radius 2 is 2.11 bits per heavy atom. The van der Waals surface area contributed by atoms with E-state index in [1.54, 1.807) is 0 Å². The van der Waals surface area contributed by atoms with Crippen molar-refractivity contribution in [3.05, 3.63) is 0 Å². The third kappa shape index (κ3) is 3.08. The quantitative estimate of drug-likeness (QED) is 0.525. The van der Waals surface area contributed by atoms with Crippen molar-refractivity contribution in [3.8, 4) is 0 Å². The van der Waals surface area contributed by atoms with Gasteiger partial charge in [0.15, 0.2) is 0 Å². The van der Waals surface area contributed by atoms with Gasteiger partial charge < -0.3 is 5.43 Å². The van der Waals surface area contributed by atoms with Gasteiger partial charge in [-0.2, -0.15) is 0 Å². The molecule has 1 heterocycles. The highest BCUT2D eigenvalue weighted by atomic mass is 15.6. The first-order valence-electron chi connectivity index (χ1n) is 3.28. The molecule has 3 heteroatoms. The van der Waals surface area contributed by atoms with E-state index in [2.05, 4.69) is 10.4 Å². The van der Waals surface area contributed by atoms with Crippen LogP contribution >= 0.6 is 0 Å². The van der Waals surface area contributed by atoms with Gasteiger partial charge in [0.2, 0.25) is 0 Å². The van der Waals surface area contributed by atoms with E-state index in [-0.39, 0.29) is 0 Å². The maximum Gasteiger partial charge on any atom is 0.110 e. The zero-order chi connectivity index (χ0) is 7.28. The van der Waals surface area contributed by atoms with E-state index in [4.69, 9.17) is 0 Å². The van der Waals surface area contributed by atoms with Gasteiger partial charge in [0.05, 0.1) is 0 Å². The van der Waals surface area contributed by atoms with E-state index < -0.39 is 0 Å². The third-order valence-corrected chi connectivity index (χ3v) is 0.873. The molecule has 1 aliphatic heterocycles. The second-order valence-electron chi connectivity index (χ2n) is 1.69. The van der Waals surface area contributed by atoms with Crippen molar-refractivity contribution in [1.82, 2.24) is 10.4 Å². The minimum atomic E-state index is 0.784. The Balaban J connectivity index is 0.000000291. The lowest BCUT2D eigenvalue weighted by atomic mass is 10.7. The first-order valence-corrected chi connectivity index (χ1v) is 3.28. The van der Waals surface area contributed by atoms with Crippen LogP contribution in [0.3, 0.4) is 0 Å². The minimum Gasteiger partial charge on any atom is -0.306 e. The number of hydrogen-bond donors (Lipinski definition) is 1. The fraction of sp³-hybridized carbons (Fsp3) is 0.833. The topological polar surface area (TPSA) is 27.6 Å². The summed E-state index contributed by atoms with van der Waals surface area (Å²) in [5.41, 5.74) is 3.00. The molecule has 1 rings (SSSR count). The number of hydrazine groups is 1. The van der Waals surface area contributed by atoms with Crippen LogP contribution in [0.4, 0.5) is 0 Å². The van der Waals surface area contributed by atoms with Crippen LogP contribution in [0.25, 0.3) is 0 Å². The Hall–Kier alpha value is -0.570. The summed E-state index contributed by atoms with van der Waals surface area (Å²) >= 11 is 0. The average Bonchev–Trinajstić information content (AvgIpc) is 2.20. The van der Waals surface area contributed by atoms with Gasteiger partial charge in [-0.15, -0.1) is 0 Å². The van der Waals surface area contributed by atoms with Crippen molar-refractivity contribution >= 4 is 5.84 Å². The molecule has 0 aliphatic carbocycles. The molecule has 1 aliphatic rings. The summed E-state index contributed by atoms with van der Waals surface area (Å²) in [6.07, 6.45) is 0. The molecule has 0 amide bonds. The maximum absolute atomic E-state index is 4.05. The van der Waals surface area contributed by atoms with E-state index in [9.17, 15) is 0 Å². The van der Waals surface area contributed by atoms with Gasteiger partial charge in [-0.1, -0.05) is 13.8 Å². The summed E-state index contributed by atoms with van der Waals surface area (Å²) in [5.74, 6) is 1.00. The van der Waals surface area contributed by atoms with Gasteiger partial charge >= 0.3 is 0 Å². The highest BCUT2D eigenvalue weighted by molar-refractivity contribution is 5.79. The molecule has 0 aromatic rings. The molecule has 0 spiro atoms. The summed E-state index contributed by atoms with van der Waals surface area (Å²) in [6, 6.07) is 0. The van der Waals surface area contributed by atoms with Crippen molar-refractivity contribution in [1.29, 1.82) is 0 Å². The van der Waals surface area contributed by atoms with Gasteiger partial charge in [-0.25, -0.2) is 5.01 Å². The van der Waals surface area contributed by atoms with Crippen molar-refractivity contribution in [2.24, 2.45) is 4.99 Å². The molecule has 0 radical (unpaired) electrons. The molecule has 0 saturated carbocycles. The molecule has 0 atom stereocenters. The Labute approximate surface area is 56.7 Å². The summed E-state index contributed by atoms with van der Waals surface area (Å²) in [6.45, 7) is 6.73. The number of nitrogens with zero attached hydrogens (tertiary/aromatic N) is 2. The second-order valence-corrected chi connectivity index (χ2v) is 1.69. The highest BCUT2D eigenvalue weighted by Gasteiger charge is 2.02. The van der Waals surface area contributed by atoms with Crippen molar-refractivity contribution in [2.45, 2.75) is 20.8 Å². The summed E-state index contributed by atoms with van der Waals surface area (Å²) in [5, 5.41) is 1.93. The van der Waals surface area contributed by atoms with E-state index in [1.165, 1.54) is 0 Å². The summed E-state index contributed by atoms with van der Waals surface area (Å²) in [7, 11) is 1.96. The van der Waals surface area contributed by atoms with Crippen LogP contribution in [0.2, 0.25) is 0 Å². The molecule has 0 aromatic heterocycles. The first kappa shape index (κ1) is 8.43. The molecule has 3 nitrogen and oxygen atoms in total. The van der Waals surface area contributed by atoms with Crippen LogP contribution in [-0.4, -0.2) is 24.6 Å². The van der Waals surface area contributed by atoms with Gasteiger partial charge in [0, 0.05) is 7.05 Å². The number of amidine groups is 1. The second kappa shape index (κ2) is 4.32. The monoisotopic (exact) mass is 129 g/mol. The first-order chi connectivity index (χ1) is 4.29. The Morgan fingerprint density at radius 1 is 1.56 bits per heavy atom. The van der Waals surface area contributed by atoms with Crippen LogP contribution in [0.1, 0.15) is 20.8 Å². The molecule has 0 bridgehead atoms.